The standard InChI is InChI=1S/C49H33N3/c1-49(2)40-24-20-33(48-50-42-19-11-10-18-37(42)47(51-48)32-14-4-3-5-15-32)28-38(40)39-29-34(23-25-41(39)49)52-43-26-21-30-12-6-8-16-35(30)45(43)46-36-17-9-7-13-31(36)22-27-44(46)52/h3-29H,1-2H3. The van der Waals surface area contributed by atoms with Crippen molar-refractivity contribution < 1.29 is 0 Å². The van der Waals surface area contributed by atoms with Crippen LogP contribution in [0, 0.1) is 0 Å². The van der Waals surface area contributed by atoms with Gasteiger partial charge in [0, 0.05) is 38.4 Å². The Morgan fingerprint density at radius 2 is 1.04 bits per heavy atom. The maximum absolute atomic E-state index is 5.22. The lowest BCUT2D eigenvalue weighted by Crippen LogP contribution is -2.15. The molecule has 2 aromatic heterocycles. The molecule has 0 saturated carbocycles. The molecule has 0 unspecified atom stereocenters. The van der Waals surface area contributed by atoms with Gasteiger partial charge < -0.3 is 4.57 Å². The third-order valence-corrected chi connectivity index (χ3v) is 11.4. The maximum atomic E-state index is 5.22. The van der Waals surface area contributed by atoms with Crippen LogP contribution in [0.4, 0.5) is 0 Å². The molecule has 1 aliphatic carbocycles. The Balaban J connectivity index is 1.15. The lowest BCUT2D eigenvalue weighted by atomic mass is 9.82. The molecule has 0 spiro atoms. The fourth-order valence-corrected chi connectivity index (χ4v) is 8.88. The SMILES string of the molecule is CC1(C)c2ccc(-c3nc(-c4ccccc4)c4ccccc4n3)cc2-c2cc(-n3c4ccc5ccccc5c4c4c5ccccc5ccc43)ccc21. The van der Waals surface area contributed by atoms with Gasteiger partial charge in [-0.05, 0) is 80.2 Å². The second-order valence-corrected chi connectivity index (χ2v) is 14.6. The summed E-state index contributed by atoms with van der Waals surface area (Å²) < 4.78 is 2.47. The average molecular weight is 664 g/mol. The summed E-state index contributed by atoms with van der Waals surface area (Å²) in [6.07, 6.45) is 0. The van der Waals surface area contributed by atoms with Gasteiger partial charge in [0.1, 0.15) is 0 Å². The fraction of sp³-hybridized carbons (Fsp3) is 0.0612. The van der Waals surface area contributed by atoms with Crippen LogP contribution in [0.3, 0.4) is 0 Å². The second-order valence-electron chi connectivity index (χ2n) is 14.6. The van der Waals surface area contributed by atoms with E-state index in [2.05, 4.69) is 176 Å². The number of para-hydroxylation sites is 1. The van der Waals surface area contributed by atoms with Gasteiger partial charge in [0.2, 0.25) is 0 Å². The van der Waals surface area contributed by atoms with Gasteiger partial charge in [0.25, 0.3) is 0 Å². The van der Waals surface area contributed by atoms with Crippen molar-refractivity contribution in [3.63, 3.8) is 0 Å². The minimum absolute atomic E-state index is 0.144. The van der Waals surface area contributed by atoms with E-state index in [1.54, 1.807) is 0 Å². The molecule has 0 saturated heterocycles. The number of nitrogens with zero attached hydrogens (tertiary/aromatic N) is 3. The van der Waals surface area contributed by atoms with E-state index in [4.69, 9.17) is 9.97 Å². The van der Waals surface area contributed by atoms with Gasteiger partial charge in [0.05, 0.1) is 22.2 Å². The van der Waals surface area contributed by atoms with Crippen LogP contribution in [-0.2, 0) is 5.41 Å². The Bertz CT molecular complexity index is 3000. The lowest BCUT2D eigenvalue weighted by Gasteiger charge is -2.22. The number of hydrogen-bond donors (Lipinski definition) is 0. The number of fused-ring (bicyclic) bond motifs is 11. The van der Waals surface area contributed by atoms with E-state index in [0.29, 0.717) is 0 Å². The van der Waals surface area contributed by atoms with Crippen molar-refractivity contribution in [2.75, 3.05) is 0 Å². The van der Waals surface area contributed by atoms with Gasteiger partial charge >= 0.3 is 0 Å². The third-order valence-electron chi connectivity index (χ3n) is 11.4. The van der Waals surface area contributed by atoms with Crippen molar-refractivity contribution >= 4 is 54.3 Å². The van der Waals surface area contributed by atoms with Crippen LogP contribution in [0.25, 0.3) is 93.7 Å². The summed E-state index contributed by atoms with van der Waals surface area (Å²) in [6, 6.07) is 59.3. The van der Waals surface area contributed by atoms with Gasteiger partial charge in [-0.3, -0.25) is 0 Å². The Labute approximate surface area is 301 Å². The first-order chi connectivity index (χ1) is 25.5. The van der Waals surface area contributed by atoms with E-state index in [1.807, 2.05) is 6.07 Å². The molecular formula is C49H33N3. The van der Waals surface area contributed by atoms with E-state index in [9.17, 15) is 0 Å². The highest BCUT2D eigenvalue weighted by atomic mass is 15.0. The maximum Gasteiger partial charge on any atom is 0.160 e. The summed E-state index contributed by atoms with van der Waals surface area (Å²) in [5.41, 5.74) is 12.6. The zero-order valence-electron chi connectivity index (χ0n) is 28.9. The first-order valence-electron chi connectivity index (χ1n) is 18.0. The first-order valence-corrected chi connectivity index (χ1v) is 18.0. The molecule has 3 nitrogen and oxygen atoms in total. The summed E-state index contributed by atoms with van der Waals surface area (Å²) >= 11 is 0. The Morgan fingerprint density at radius 1 is 0.462 bits per heavy atom. The summed E-state index contributed by atoms with van der Waals surface area (Å²) in [6.45, 7) is 4.69. The van der Waals surface area contributed by atoms with Crippen LogP contribution < -0.4 is 0 Å². The molecule has 52 heavy (non-hydrogen) atoms. The van der Waals surface area contributed by atoms with Gasteiger partial charge in [-0.15, -0.1) is 0 Å². The Morgan fingerprint density at radius 3 is 1.73 bits per heavy atom. The van der Waals surface area contributed by atoms with Crippen LogP contribution in [0.5, 0.6) is 0 Å². The lowest BCUT2D eigenvalue weighted by molar-refractivity contribution is 0.660. The summed E-state index contributed by atoms with van der Waals surface area (Å²) in [5.74, 6) is 0.740. The highest BCUT2D eigenvalue weighted by Crippen LogP contribution is 2.51. The van der Waals surface area contributed by atoms with Crippen LogP contribution in [0.1, 0.15) is 25.0 Å². The topological polar surface area (TPSA) is 30.7 Å². The van der Waals surface area contributed by atoms with Crippen LogP contribution >= 0.6 is 0 Å². The van der Waals surface area contributed by atoms with Crippen molar-refractivity contribution in [1.82, 2.24) is 14.5 Å². The highest BCUT2D eigenvalue weighted by Gasteiger charge is 2.36. The summed E-state index contributed by atoms with van der Waals surface area (Å²) in [7, 11) is 0. The minimum atomic E-state index is -0.144. The van der Waals surface area contributed by atoms with Crippen molar-refractivity contribution in [3.05, 3.63) is 175 Å². The number of hydrogen-bond acceptors (Lipinski definition) is 2. The van der Waals surface area contributed by atoms with Crippen LogP contribution in [0.15, 0.2) is 164 Å². The second kappa shape index (κ2) is 10.7. The van der Waals surface area contributed by atoms with Crippen LogP contribution in [-0.4, -0.2) is 14.5 Å². The predicted molar refractivity (Wildman–Crippen MR) is 217 cm³/mol. The van der Waals surface area contributed by atoms with Gasteiger partial charge in [0.15, 0.2) is 5.82 Å². The molecule has 0 atom stereocenters. The van der Waals surface area contributed by atoms with Gasteiger partial charge in [-0.2, -0.15) is 0 Å². The molecular weight excluding hydrogens is 631 g/mol. The molecule has 11 rings (SSSR count). The van der Waals surface area contributed by atoms with Crippen molar-refractivity contribution in [3.8, 4) is 39.5 Å². The molecule has 0 bridgehead atoms. The molecule has 2 heterocycles. The van der Waals surface area contributed by atoms with Gasteiger partial charge in [-0.1, -0.05) is 141 Å². The van der Waals surface area contributed by atoms with Crippen LogP contribution in [0.2, 0.25) is 0 Å². The predicted octanol–water partition coefficient (Wildman–Crippen LogP) is 12.7. The Hall–Kier alpha value is -6.58. The summed E-state index contributed by atoms with van der Waals surface area (Å²) in [5, 5.41) is 8.73. The largest absolute Gasteiger partial charge is 0.309 e. The van der Waals surface area contributed by atoms with Gasteiger partial charge in [-0.25, -0.2) is 9.97 Å². The molecule has 3 heteroatoms. The molecule has 10 aromatic rings. The quantitative estimate of drug-likeness (QED) is 0.188. The van der Waals surface area contributed by atoms with E-state index in [-0.39, 0.29) is 5.41 Å². The van der Waals surface area contributed by atoms with Crippen molar-refractivity contribution in [1.29, 1.82) is 0 Å². The van der Waals surface area contributed by atoms with E-state index in [0.717, 1.165) is 39.2 Å². The zero-order valence-corrected chi connectivity index (χ0v) is 28.9. The molecule has 0 amide bonds. The molecule has 244 valence electrons. The average Bonchev–Trinajstić information content (AvgIpc) is 3.66. The van der Waals surface area contributed by atoms with E-state index >= 15 is 0 Å². The van der Waals surface area contributed by atoms with Crippen molar-refractivity contribution in [2.24, 2.45) is 0 Å². The summed E-state index contributed by atoms with van der Waals surface area (Å²) in [4.78, 5) is 10.3. The highest BCUT2D eigenvalue weighted by molar-refractivity contribution is 6.28. The zero-order chi connectivity index (χ0) is 34.6. The fourth-order valence-electron chi connectivity index (χ4n) is 8.88. The smallest absolute Gasteiger partial charge is 0.160 e. The van der Waals surface area contributed by atoms with Crippen molar-refractivity contribution in [2.45, 2.75) is 19.3 Å². The minimum Gasteiger partial charge on any atom is -0.309 e. The monoisotopic (exact) mass is 663 g/mol. The molecule has 0 aliphatic heterocycles. The first kappa shape index (κ1) is 29.2. The number of benzene rings is 8. The number of rotatable bonds is 3. The molecule has 8 aromatic carbocycles. The molecule has 0 N–H and O–H groups in total. The molecule has 0 radical (unpaired) electrons. The normalized spacial score (nSPS) is 13.3. The Kier molecular flexibility index (Phi) is 6.01. The molecule has 1 aliphatic rings. The van der Waals surface area contributed by atoms with E-state index < -0.39 is 0 Å². The third kappa shape index (κ3) is 4.08. The molecule has 0 fully saturated rings. The van der Waals surface area contributed by atoms with E-state index in [1.165, 1.54) is 65.6 Å². The number of aromatic nitrogens is 3.